The lowest BCUT2D eigenvalue weighted by Crippen LogP contribution is -2.08. The summed E-state index contributed by atoms with van der Waals surface area (Å²) in [6.07, 6.45) is 0.934. The number of hydrogen-bond acceptors (Lipinski definition) is 2. The SMILES string of the molecule is COCCOCCC(CCl)c1cccc(Br)c1. The number of benzene rings is 1. The molecule has 17 heavy (non-hydrogen) atoms. The van der Waals surface area contributed by atoms with Gasteiger partial charge in [-0.2, -0.15) is 0 Å². The van der Waals surface area contributed by atoms with Gasteiger partial charge < -0.3 is 9.47 Å². The van der Waals surface area contributed by atoms with Gasteiger partial charge in [-0.3, -0.25) is 0 Å². The quantitative estimate of drug-likeness (QED) is 0.535. The average Bonchev–Trinajstić information content (AvgIpc) is 2.34. The third-order valence-electron chi connectivity index (χ3n) is 2.55. The summed E-state index contributed by atoms with van der Waals surface area (Å²) in [7, 11) is 1.67. The van der Waals surface area contributed by atoms with Crippen LogP contribution in [0.25, 0.3) is 0 Å². The highest BCUT2D eigenvalue weighted by atomic mass is 79.9. The maximum Gasteiger partial charge on any atom is 0.0700 e. The predicted molar refractivity (Wildman–Crippen MR) is 74.9 cm³/mol. The van der Waals surface area contributed by atoms with E-state index in [4.69, 9.17) is 21.1 Å². The van der Waals surface area contributed by atoms with Crippen molar-refractivity contribution in [1.29, 1.82) is 0 Å². The molecule has 1 rings (SSSR count). The minimum absolute atomic E-state index is 0.344. The summed E-state index contributed by atoms with van der Waals surface area (Å²) in [5.41, 5.74) is 1.25. The Morgan fingerprint density at radius 3 is 2.76 bits per heavy atom. The molecule has 0 radical (unpaired) electrons. The maximum atomic E-state index is 6.00. The van der Waals surface area contributed by atoms with Crippen LogP contribution in [0.15, 0.2) is 28.7 Å². The van der Waals surface area contributed by atoms with Crippen LogP contribution in [0.3, 0.4) is 0 Å². The summed E-state index contributed by atoms with van der Waals surface area (Å²) in [6.45, 7) is 2.00. The molecule has 1 unspecified atom stereocenters. The predicted octanol–water partition coefficient (Wildman–Crippen LogP) is 3.82. The van der Waals surface area contributed by atoms with Crippen molar-refractivity contribution >= 4 is 27.5 Å². The Hall–Kier alpha value is -0.0900. The molecule has 0 amide bonds. The lowest BCUT2D eigenvalue weighted by Gasteiger charge is -2.14. The number of hydrogen-bond donors (Lipinski definition) is 0. The van der Waals surface area contributed by atoms with Crippen molar-refractivity contribution in [3.63, 3.8) is 0 Å². The van der Waals surface area contributed by atoms with Crippen LogP contribution in [0.2, 0.25) is 0 Å². The Kier molecular flexibility index (Phi) is 7.86. The first kappa shape index (κ1) is 15.0. The molecule has 0 bridgehead atoms. The van der Waals surface area contributed by atoms with Gasteiger partial charge in [-0.15, -0.1) is 11.6 Å². The van der Waals surface area contributed by atoms with Gasteiger partial charge in [0.2, 0.25) is 0 Å². The van der Waals surface area contributed by atoms with Crippen LogP contribution < -0.4 is 0 Å². The number of methoxy groups -OCH3 is 1. The Morgan fingerprint density at radius 2 is 2.12 bits per heavy atom. The monoisotopic (exact) mass is 320 g/mol. The minimum Gasteiger partial charge on any atom is -0.382 e. The molecular formula is C13H18BrClO2. The Labute approximate surface area is 116 Å². The topological polar surface area (TPSA) is 18.5 Å². The number of halogens is 2. The zero-order valence-corrected chi connectivity index (χ0v) is 12.3. The summed E-state index contributed by atoms with van der Waals surface area (Å²) in [4.78, 5) is 0. The van der Waals surface area contributed by atoms with Gasteiger partial charge in [0.15, 0.2) is 0 Å². The Bertz CT molecular complexity index is 320. The lowest BCUT2D eigenvalue weighted by atomic mass is 9.98. The van der Waals surface area contributed by atoms with Crippen LogP contribution in [-0.2, 0) is 9.47 Å². The number of rotatable bonds is 8. The van der Waals surface area contributed by atoms with E-state index in [1.165, 1.54) is 5.56 Å². The Balaban J connectivity index is 2.38. The third kappa shape index (κ3) is 5.87. The van der Waals surface area contributed by atoms with Crippen LogP contribution >= 0.6 is 27.5 Å². The zero-order valence-electron chi connectivity index (χ0n) is 9.99. The molecule has 96 valence electrons. The van der Waals surface area contributed by atoms with E-state index in [1.54, 1.807) is 7.11 Å². The van der Waals surface area contributed by atoms with Crippen LogP contribution in [0, 0.1) is 0 Å². The first-order valence-electron chi connectivity index (χ1n) is 5.66. The average molecular weight is 322 g/mol. The normalized spacial score (nSPS) is 12.6. The van der Waals surface area contributed by atoms with Crippen LogP contribution in [-0.4, -0.2) is 32.8 Å². The van der Waals surface area contributed by atoms with E-state index < -0.39 is 0 Å². The van der Waals surface area contributed by atoms with Gasteiger partial charge in [0.05, 0.1) is 13.2 Å². The van der Waals surface area contributed by atoms with Crippen LogP contribution in [0.5, 0.6) is 0 Å². The molecule has 1 aromatic rings. The smallest absolute Gasteiger partial charge is 0.0700 e. The summed E-state index contributed by atoms with van der Waals surface area (Å²) < 4.78 is 11.5. The van der Waals surface area contributed by atoms with E-state index in [9.17, 15) is 0 Å². The fraction of sp³-hybridized carbons (Fsp3) is 0.538. The van der Waals surface area contributed by atoms with E-state index in [-0.39, 0.29) is 0 Å². The molecule has 0 spiro atoms. The first-order chi connectivity index (χ1) is 8.27. The largest absolute Gasteiger partial charge is 0.382 e. The van der Waals surface area contributed by atoms with E-state index in [1.807, 2.05) is 12.1 Å². The molecule has 0 aliphatic carbocycles. The molecule has 0 aliphatic heterocycles. The van der Waals surface area contributed by atoms with Crippen molar-refractivity contribution in [2.75, 3.05) is 32.8 Å². The lowest BCUT2D eigenvalue weighted by molar-refractivity contribution is 0.0676. The van der Waals surface area contributed by atoms with Crippen LogP contribution in [0.4, 0.5) is 0 Å². The second-order valence-electron chi connectivity index (χ2n) is 3.80. The second-order valence-corrected chi connectivity index (χ2v) is 5.02. The summed E-state index contributed by atoms with van der Waals surface area (Å²) >= 11 is 9.47. The zero-order chi connectivity index (χ0) is 12.5. The maximum absolute atomic E-state index is 6.00. The van der Waals surface area contributed by atoms with E-state index in [0.717, 1.165) is 10.9 Å². The van der Waals surface area contributed by atoms with Gasteiger partial charge in [0.1, 0.15) is 0 Å². The summed E-state index contributed by atoms with van der Waals surface area (Å²) in [5, 5.41) is 0. The van der Waals surface area contributed by atoms with E-state index in [2.05, 4.69) is 28.1 Å². The molecule has 4 heteroatoms. The van der Waals surface area contributed by atoms with E-state index >= 15 is 0 Å². The van der Waals surface area contributed by atoms with Gasteiger partial charge in [0.25, 0.3) is 0 Å². The van der Waals surface area contributed by atoms with Crippen molar-refractivity contribution in [1.82, 2.24) is 0 Å². The molecule has 0 saturated carbocycles. The fourth-order valence-electron chi connectivity index (χ4n) is 1.56. The third-order valence-corrected chi connectivity index (χ3v) is 3.41. The second kappa shape index (κ2) is 8.92. The molecule has 2 nitrogen and oxygen atoms in total. The van der Waals surface area contributed by atoms with Crippen molar-refractivity contribution in [3.05, 3.63) is 34.3 Å². The molecule has 0 heterocycles. The number of alkyl halides is 1. The van der Waals surface area contributed by atoms with Crippen molar-refractivity contribution in [2.45, 2.75) is 12.3 Å². The first-order valence-corrected chi connectivity index (χ1v) is 6.98. The molecule has 0 fully saturated rings. The standard InChI is InChI=1S/C13H18BrClO2/c1-16-7-8-17-6-5-12(10-15)11-3-2-4-13(14)9-11/h2-4,9,12H,5-8,10H2,1H3. The van der Waals surface area contributed by atoms with Crippen molar-refractivity contribution in [2.24, 2.45) is 0 Å². The fourth-order valence-corrected chi connectivity index (χ4v) is 2.31. The molecule has 0 N–H and O–H groups in total. The molecule has 0 aromatic heterocycles. The summed E-state index contributed by atoms with van der Waals surface area (Å²) in [6, 6.07) is 8.27. The number of ether oxygens (including phenoxy) is 2. The highest BCUT2D eigenvalue weighted by Crippen LogP contribution is 2.24. The van der Waals surface area contributed by atoms with Gasteiger partial charge in [-0.1, -0.05) is 28.1 Å². The molecule has 0 aliphatic rings. The van der Waals surface area contributed by atoms with Gasteiger partial charge >= 0.3 is 0 Å². The molecular weight excluding hydrogens is 303 g/mol. The molecule has 0 saturated heterocycles. The van der Waals surface area contributed by atoms with Gasteiger partial charge in [-0.05, 0) is 30.0 Å². The molecule has 1 aromatic carbocycles. The van der Waals surface area contributed by atoms with Crippen molar-refractivity contribution < 1.29 is 9.47 Å². The Morgan fingerprint density at radius 1 is 1.29 bits per heavy atom. The minimum atomic E-state index is 0.344. The van der Waals surface area contributed by atoms with Crippen molar-refractivity contribution in [3.8, 4) is 0 Å². The highest BCUT2D eigenvalue weighted by molar-refractivity contribution is 9.10. The van der Waals surface area contributed by atoms with Crippen LogP contribution in [0.1, 0.15) is 17.9 Å². The summed E-state index contributed by atoms with van der Waals surface area (Å²) in [5.74, 6) is 0.959. The van der Waals surface area contributed by atoms with Gasteiger partial charge in [-0.25, -0.2) is 0 Å². The van der Waals surface area contributed by atoms with E-state index in [0.29, 0.717) is 31.6 Å². The highest BCUT2D eigenvalue weighted by Gasteiger charge is 2.10. The van der Waals surface area contributed by atoms with Gasteiger partial charge in [0, 0.05) is 24.1 Å². The molecule has 1 atom stereocenters.